The van der Waals surface area contributed by atoms with Gasteiger partial charge in [0, 0.05) is 4.88 Å². The van der Waals surface area contributed by atoms with E-state index < -0.39 is 0 Å². The maximum Gasteiger partial charge on any atom is 0.348 e. The van der Waals surface area contributed by atoms with Gasteiger partial charge in [-0.3, -0.25) is 0 Å². The van der Waals surface area contributed by atoms with E-state index in [-0.39, 0.29) is 19.4 Å². The molecule has 0 fully saturated rings. The fourth-order valence-electron chi connectivity index (χ4n) is 2.92. The van der Waals surface area contributed by atoms with E-state index in [1.54, 1.807) is 23.5 Å². The summed E-state index contributed by atoms with van der Waals surface area (Å²) >= 11 is 7.69. The summed E-state index contributed by atoms with van der Waals surface area (Å²) in [5.41, 5.74) is 2.09. The zero-order chi connectivity index (χ0) is 15.8. The topological polar surface area (TPSA) is 44.8 Å². The van der Waals surface area contributed by atoms with Gasteiger partial charge in [0.05, 0.1) is 5.02 Å². The van der Waals surface area contributed by atoms with Crippen LogP contribution in [0.3, 0.4) is 0 Å². The third kappa shape index (κ3) is 2.91. The van der Waals surface area contributed by atoms with Crippen LogP contribution in [0.1, 0.15) is 38.5 Å². The van der Waals surface area contributed by atoms with Crippen molar-refractivity contribution in [2.45, 2.75) is 32.3 Å². The number of carbonyl (C=O) groups excluding carboxylic acids is 1. The van der Waals surface area contributed by atoms with Crippen molar-refractivity contribution in [3.05, 3.63) is 44.1 Å². The Kier molecular flexibility index (Phi) is 3.91. The molecular formula is C17H15ClO4S. The van der Waals surface area contributed by atoms with Crippen molar-refractivity contribution in [3.63, 3.8) is 0 Å². The molecule has 120 valence electrons. The van der Waals surface area contributed by atoms with Gasteiger partial charge in [0.2, 0.25) is 6.79 Å². The van der Waals surface area contributed by atoms with Crippen LogP contribution >= 0.6 is 22.9 Å². The normalized spacial score (nSPS) is 15.3. The highest BCUT2D eigenvalue weighted by Gasteiger charge is 2.20. The van der Waals surface area contributed by atoms with Crippen LogP contribution < -0.4 is 9.47 Å². The van der Waals surface area contributed by atoms with Gasteiger partial charge in [0.15, 0.2) is 11.5 Å². The van der Waals surface area contributed by atoms with Crippen LogP contribution in [0.4, 0.5) is 0 Å². The Labute approximate surface area is 142 Å². The van der Waals surface area contributed by atoms with Gasteiger partial charge >= 0.3 is 5.97 Å². The number of thiophene rings is 1. The van der Waals surface area contributed by atoms with Gasteiger partial charge in [-0.1, -0.05) is 11.6 Å². The highest BCUT2D eigenvalue weighted by atomic mass is 35.5. The van der Waals surface area contributed by atoms with Crippen molar-refractivity contribution in [2.24, 2.45) is 0 Å². The first-order valence-electron chi connectivity index (χ1n) is 7.57. The maximum atomic E-state index is 12.3. The van der Waals surface area contributed by atoms with Crippen molar-refractivity contribution < 1.29 is 19.0 Å². The van der Waals surface area contributed by atoms with Gasteiger partial charge in [-0.15, -0.1) is 11.3 Å². The van der Waals surface area contributed by atoms with Crippen molar-refractivity contribution in [1.29, 1.82) is 0 Å². The van der Waals surface area contributed by atoms with Crippen molar-refractivity contribution in [1.82, 2.24) is 0 Å². The quantitative estimate of drug-likeness (QED) is 0.771. The van der Waals surface area contributed by atoms with Crippen molar-refractivity contribution in [3.8, 4) is 11.5 Å². The Balaban J connectivity index is 1.45. The molecule has 1 aromatic heterocycles. The van der Waals surface area contributed by atoms with E-state index in [0.717, 1.165) is 18.4 Å². The number of halogens is 1. The lowest BCUT2D eigenvalue weighted by Gasteiger charge is -2.08. The number of hydrogen-bond acceptors (Lipinski definition) is 5. The van der Waals surface area contributed by atoms with Gasteiger partial charge < -0.3 is 14.2 Å². The van der Waals surface area contributed by atoms with Crippen LogP contribution in [0.25, 0.3) is 0 Å². The molecule has 1 aromatic carbocycles. The van der Waals surface area contributed by atoms with E-state index in [1.165, 1.54) is 23.3 Å². The first-order valence-corrected chi connectivity index (χ1v) is 8.77. The van der Waals surface area contributed by atoms with Gasteiger partial charge in [-0.25, -0.2) is 4.79 Å². The molecule has 1 aliphatic heterocycles. The van der Waals surface area contributed by atoms with E-state index in [2.05, 4.69) is 0 Å². The summed E-state index contributed by atoms with van der Waals surface area (Å²) < 4.78 is 16.0. The molecule has 0 unspecified atom stereocenters. The number of fused-ring (bicyclic) bond motifs is 2. The van der Waals surface area contributed by atoms with Crippen molar-refractivity contribution in [2.75, 3.05) is 6.79 Å². The standard InChI is InChI=1S/C17H15ClO4S/c18-12-5-10(6-13-16(12)22-9-21-13)8-20-17(19)15-7-11-3-1-2-4-14(11)23-15/h5-7H,1-4,8-9H2. The van der Waals surface area contributed by atoms with Gasteiger partial charge in [-0.05, 0) is 55.0 Å². The molecular weight excluding hydrogens is 336 g/mol. The number of esters is 1. The summed E-state index contributed by atoms with van der Waals surface area (Å²) in [7, 11) is 0. The maximum absolute atomic E-state index is 12.3. The monoisotopic (exact) mass is 350 g/mol. The minimum absolute atomic E-state index is 0.164. The smallest absolute Gasteiger partial charge is 0.348 e. The average Bonchev–Trinajstić information content (AvgIpc) is 3.19. The second-order valence-corrected chi connectivity index (χ2v) is 7.20. The van der Waals surface area contributed by atoms with Gasteiger partial charge in [0.1, 0.15) is 11.5 Å². The number of aryl methyl sites for hydroxylation is 2. The molecule has 0 saturated heterocycles. The van der Waals surface area contributed by atoms with Crippen LogP contribution in [-0.4, -0.2) is 12.8 Å². The molecule has 0 N–H and O–H groups in total. The predicted octanol–water partition coefficient (Wildman–Crippen LogP) is 4.37. The fraction of sp³-hybridized carbons (Fsp3) is 0.353. The lowest BCUT2D eigenvalue weighted by atomic mass is 9.99. The Morgan fingerprint density at radius 1 is 1.22 bits per heavy atom. The Morgan fingerprint density at radius 2 is 2.09 bits per heavy atom. The zero-order valence-electron chi connectivity index (χ0n) is 12.4. The highest BCUT2D eigenvalue weighted by Crippen LogP contribution is 2.40. The minimum Gasteiger partial charge on any atom is -0.457 e. The van der Waals surface area contributed by atoms with Gasteiger partial charge in [-0.2, -0.15) is 0 Å². The summed E-state index contributed by atoms with van der Waals surface area (Å²) in [5.74, 6) is 0.862. The zero-order valence-corrected chi connectivity index (χ0v) is 14.0. The Bertz CT molecular complexity index is 745. The molecule has 6 heteroatoms. The van der Waals surface area contributed by atoms with E-state index in [4.69, 9.17) is 25.8 Å². The second kappa shape index (κ2) is 6.06. The lowest BCUT2D eigenvalue weighted by Crippen LogP contribution is -2.03. The number of benzene rings is 1. The van der Waals surface area contributed by atoms with Crippen LogP contribution in [0.2, 0.25) is 5.02 Å². The third-order valence-electron chi connectivity index (χ3n) is 4.05. The molecule has 4 nitrogen and oxygen atoms in total. The molecule has 2 heterocycles. The second-order valence-electron chi connectivity index (χ2n) is 5.65. The highest BCUT2D eigenvalue weighted by molar-refractivity contribution is 7.14. The predicted molar refractivity (Wildman–Crippen MR) is 87.7 cm³/mol. The molecule has 0 spiro atoms. The SMILES string of the molecule is O=C(OCc1cc(Cl)c2c(c1)OCO2)c1cc2c(s1)CCCC2. The molecule has 0 radical (unpaired) electrons. The fourth-order valence-corrected chi connectivity index (χ4v) is 4.35. The van der Waals surface area contributed by atoms with E-state index in [9.17, 15) is 4.79 Å². The van der Waals surface area contributed by atoms with Crippen LogP contribution in [0.15, 0.2) is 18.2 Å². The first kappa shape index (κ1) is 14.8. The summed E-state index contributed by atoms with van der Waals surface area (Å²) in [6.07, 6.45) is 4.55. The molecule has 23 heavy (non-hydrogen) atoms. The summed E-state index contributed by atoms with van der Waals surface area (Å²) in [5, 5.41) is 0.470. The molecule has 0 amide bonds. The van der Waals surface area contributed by atoms with Crippen LogP contribution in [-0.2, 0) is 24.2 Å². The molecule has 1 aliphatic carbocycles. The number of hydrogen-bond donors (Lipinski definition) is 0. The van der Waals surface area contributed by atoms with Crippen LogP contribution in [0.5, 0.6) is 11.5 Å². The Morgan fingerprint density at radius 3 is 2.96 bits per heavy atom. The number of rotatable bonds is 3. The summed E-state index contributed by atoms with van der Waals surface area (Å²) in [4.78, 5) is 14.3. The van der Waals surface area contributed by atoms with Gasteiger partial charge in [0.25, 0.3) is 0 Å². The molecule has 2 aromatic rings. The average molecular weight is 351 g/mol. The summed E-state index contributed by atoms with van der Waals surface area (Å²) in [6, 6.07) is 5.51. The lowest BCUT2D eigenvalue weighted by molar-refractivity contribution is 0.0478. The largest absolute Gasteiger partial charge is 0.457 e. The Hall–Kier alpha value is -1.72. The van der Waals surface area contributed by atoms with E-state index in [1.807, 2.05) is 6.07 Å². The third-order valence-corrected chi connectivity index (χ3v) is 5.55. The van der Waals surface area contributed by atoms with Crippen LogP contribution in [0, 0.1) is 0 Å². The molecule has 0 bridgehead atoms. The number of ether oxygens (including phenoxy) is 3. The molecule has 2 aliphatic rings. The van der Waals surface area contributed by atoms with Crippen molar-refractivity contribution >= 4 is 28.9 Å². The summed E-state index contributed by atoms with van der Waals surface area (Å²) in [6.45, 7) is 0.330. The molecule has 4 rings (SSSR count). The number of carbonyl (C=O) groups is 1. The molecule has 0 atom stereocenters. The van der Waals surface area contributed by atoms with E-state index in [0.29, 0.717) is 21.4 Å². The minimum atomic E-state index is -0.279. The van der Waals surface area contributed by atoms with E-state index >= 15 is 0 Å². The molecule has 0 saturated carbocycles. The first-order chi connectivity index (χ1) is 11.2.